The zero-order chi connectivity index (χ0) is 51.3. The van der Waals surface area contributed by atoms with Crippen LogP contribution < -0.4 is 78.8 Å². The predicted octanol–water partition coefficient (Wildman–Crippen LogP) is -1.56. The maximum absolute atomic E-state index is 10.6. The van der Waals surface area contributed by atoms with Crippen molar-refractivity contribution in [1.82, 2.24) is 30.7 Å². The highest BCUT2D eigenvalue weighted by Crippen LogP contribution is 2.40. The Hall–Kier alpha value is -2.20. The van der Waals surface area contributed by atoms with Gasteiger partial charge in [0, 0.05) is 95.8 Å². The Balaban J connectivity index is 0.000000854. The molecule has 0 radical (unpaired) electrons. The molecule has 6 rings (SSSR count). The van der Waals surface area contributed by atoms with E-state index in [-0.39, 0.29) is 58.6 Å². The Morgan fingerprint density at radius 2 is 1.36 bits per heavy atom. The number of thioether (sulfide) groups is 1. The molecule has 1 spiro atoms. The number of thiocarbonyl (C=S) groups is 2. The van der Waals surface area contributed by atoms with Crippen LogP contribution >= 0.6 is 36.2 Å². The van der Waals surface area contributed by atoms with Crippen LogP contribution in [0.3, 0.4) is 0 Å². The summed E-state index contributed by atoms with van der Waals surface area (Å²) >= 11 is 11.6. The molecule has 0 bridgehead atoms. The van der Waals surface area contributed by atoms with Crippen molar-refractivity contribution in [2.24, 2.45) is 24.7 Å². The number of aryl methyl sites for hydroxylation is 2. The van der Waals surface area contributed by atoms with Gasteiger partial charge >= 0.3 is 0 Å². The molecule has 0 saturated carbocycles. The summed E-state index contributed by atoms with van der Waals surface area (Å²) in [4.78, 5) is 23.5. The Morgan fingerprint density at radius 3 is 1.76 bits per heavy atom. The van der Waals surface area contributed by atoms with E-state index in [4.69, 9.17) is 46.6 Å². The molecule has 0 unspecified atom stereocenters. The van der Waals surface area contributed by atoms with Gasteiger partial charge in [-0.1, -0.05) is 36.1 Å². The number of nitrogens with two attached hydrogens (primary N) is 1. The number of nitrogens with one attached hydrogen (secondary N) is 3. The summed E-state index contributed by atoms with van der Waals surface area (Å²) in [5, 5.41) is 9.86. The number of nitrogens with zero attached hydrogens (tertiary/aromatic N) is 6. The minimum atomic E-state index is -2.15. The summed E-state index contributed by atoms with van der Waals surface area (Å²) in [5.41, 5.74) is 9.55. The molecule has 3 aromatic rings. The monoisotopic (exact) mass is 1090 g/mol. The minimum Gasteiger partial charge on any atom is -1.00 e. The molecule has 6 heterocycles. The van der Waals surface area contributed by atoms with Gasteiger partial charge in [0.05, 0.1) is 21.6 Å². The quantitative estimate of drug-likeness (QED) is 0.0960. The second kappa shape index (κ2) is 31.6. The number of aliphatic imine (C=N–C) groups is 1. The number of halogens is 2. The topological polar surface area (TPSA) is 119 Å². The largest absolute Gasteiger partial charge is 1.00 e. The van der Waals surface area contributed by atoms with E-state index in [1.165, 1.54) is 34.4 Å². The van der Waals surface area contributed by atoms with Crippen LogP contribution in [0, 0.1) is 0 Å². The first kappa shape index (κ1) is 37.6. The van der Waals surface area contributed by atoms with Gasteiger partial charge < -0.3 is 79.4 Å². The van der Waals surface area contributed by atoms with Crippen LogP contribution in [-0.2, 0) is 38.4 Å². The number of hydrogen-bond acceptors (Lipinski definition) is 9. The maximum Gasteiger partial charge on any atom is 0.217 e. The molecule has 322 valence electrons. The minimum absolute atomic E-state index is 0. The fourth-order valence-electron chi connectivity index (χ4n) is 5.04. The Kier molecular flexibility index (Phi) is 20.5. The molecule has 3 aliphatic heterocycles. The Morgan fingerprint density at radius 1 is 0.828 bits per heavy atom. The van der Waals surface area contributed by atoms with Crippen LogP contribution in [0.2, 0.25) is 0 Å². The van der Waals surface area contributed by atoms with Gasteiger partial charge in [0.25, 0.3) is 0 Å². The van der Waals surface area contributed by atoms with Crippen molar-refractivity contribution in [3.63, 3.8) is 0 Å². The summed E-state index contributed by atoms with van der Waals surface area (Å²) < 4.78 is 89.3. The summed E-state index contributed by atoms with van der Waals surface area (Å²) in [5.74, 6) is -0.109. The number of carbonyl (C=O) groups is 1. The van der Waals surface area contributed by atoms with Crippen LogP contribution in [0.5, 0.6) is 0 Å². The third-order valence-corrected chi connectivity index (χ3v) is 10.0. The van der Waals surface area contributed by atoms with Gasteiger partial charge in [0.1, 0.15) is 22.2 Å². The summed E-state index contributed by atoms with van der Waals surface area (Å²) in [6.07, 6.45) is 14.2. The number of amides is 1. The number of aromatic nitrogens is 3. The van der Waals surface area contributed by atoms with E-state index in [1.807, 2.05) is 43.8 Å². The molecule has 58 heavy (non-hydrogen) atoms. The van der Waals surface area contributed by atoms with E-state index < -0.39 is 27.9 Å². The molecule has 3 aliphatic rings. The van der Waals surface area contributed by atoms with E-state index in [9.17, 15) is 4.79 Å². The van der Waals surface area contributed by atoms with Crippen LogP contribution in [0.1, 0.15) is 80.1 Å². The van der Waals surface area contributed by atoms with Crippen molar-refractivity contribution in [3.8, 4) is 0 Å². The molecule has 1 amide bonds. The third kappa shape index (κ3) is 26.1. The molecule has 0 aliphatic carbocycles. The lowest BCUT2D eigenvalue weighted by atomic mass is 9.96. The van der Waals surface area contributed by atoms with Gasteiger partial charge in [0.2, 0.25) is 5.91 Å². The van der Waals surface area contributed by atoms with Crippen LogP contribution in [-0.4, -0.2) is 93.7 Å². The second-order valence-electron chi connectivity index (χ2n) is 13.2. The smallest absolute Gasteiger partial charge is 0.217 e. The van der Waals surface area contributed by atoms with Crippen molar-refractivity contribution in [2.45, 2.75) is 71.3 Å². The van der Waals surface area contributed by atoms with Crippen molar-refractivity contribution in [2.75, 3.05) is 53.2 Å². The van der Waals surface area contributed by atoms with Crippen LogP contribution in [0.4, 0.5) is 0 Å². The van der Waals surface area contributed by atoms with Gasteiger partial charge in [-0.25, -0.2) is 9.13 Å². The zero-order valence-electron chi connectivity index (χ0n) is 45.6. The van der Waals surface area contributed by atoms with Crippen molar-refractivity contribution in [3.05, 3.63) is 102 Å². The van der Waals surface area contributed by atoms with E-state index in [2.05, 4.69) is 25.9 Å². The molecule has 16 heteroatoms. The SMILES string of the molecule is NCc1ccncc1.[2H]C([2H])([2H])N1CC=C(CNC(C)=S)CC1.[2H]C([2H])([2H])N1CCC2(CC1)CN=C(C)S2.[2H]C([2H])([2H])[n+]1ccc(CNC(C)=O)cc1.[2H]C([2H])([2H])[n+]1ccc(CNC(C)=S)cc1.[I-].[I-]. The van der Waals surface area contributed by atoms with Crippen molar-refractivity contribution < 1.29 is 78.3 Å². The van der Waals surface area contributed by atoms with Crippen molar-refractivity contribution >= 4 is 57.1 Å². The van der Waals surface area contributed by atoms with E-state index in [0.717, 1.165) is 68.6 Å². The molecule has 11 nitrogen and oxygen atoms in total. The summed E-state index contributed by atoms with van der Waals surface area (Å²) in [6.45, 7) is 4.69. The second-order valence-corrected chi connectivity index (χ2v) is 16.1. The lowest BCUT2D eigenvalue weighted by Crippen LogP contribution is -3.00. The lowest BCUT2D eigenvalue weighted by molar-refractivity contribution is -0.671. The highest BCUT2D eigenvalue weighted by atomic mass is 127. The van der Waals surface area contributed by atoms with E-state index in [1.54, 1.807) is 60.9 Å². The molecule has 1 fully saturated rings. The Bertz CT molecular complexity index is 2020. The fourth-order valence-corrected chi connectivity index (χ4v) is 6.46. The number of carbonyl (C=O) groups excluding carboxylic acids is 1. The summed E-state index contributed by atoms with van der Waals surface area (Å²) in [7, 11) is 0. The third-order valence-electron chi connectivity index (χ3n) is 8.36. The van der Waals surface area contributed by atoms with Gasteiger partial charge in [-0.05, 0) is 95.9 Å². The molecule has 0 aromatic carbocycles. The lowest BCUT2D eigenvalue weighted by Gasteiger charge is -2.36. The number of likely N-dealkylation sites (tertiary alicyclic amines) is 1. The van der Waals surface area contributed by atoms with Gasteiger partial charge in [-0.2, -0.15) is 0 Å². The number of likely N-dealkylation sites (N-methyl/N-ethyl adjacent to an activating group) is 1. The van der Waals surface area contributed by atoms with E-state index >= 15 is 0 Å². The average molecular weight is 1090 g/mol. The molecule has 3 aromatic heterocycles. The number of pyridine rings is 3. The normalized spacial score (nSPS) is 19.1. The molecule has 0 atom stereocenters. The summed E-state index contributed by atoms with van der Waals surface area (Å²) in [6, 6.07) is 10.7. The molecular formula is C42H66I2N10OS3. The maximum atomic E-state index is 10.6. The number of hydrogen-bond donors (Lipinski definition) is 4. The molecule has 5 N–H and O–H groups in total. The standard InChI is InChI=1S/C9H12N2O.2C9H16N2S.C9H12N2S.C6H8N2.2HI/c1-8(12)10-7-9-3-5-11(2)6-4-9;1-8-10-7-9(12-8)3-5-11(2)6-4-9;2*1-8(12)10-7-9-3-5-11(2)6-4-9;7-5-6-1-3-8-4-2-6;;/h3-6H,7H2,1-2H3;3-7H2,1-2H3;3H,4-7H2,1-2H3,(H,10,12);3-6H,7H2,1-2H3;1-4H,5,7H2;2*1H/i4*2D3;;;. The van der Waals surface area contributed by atoms with Gasteiger partial charge in [-0.15, -0.1) is 11.8 Å². The zero-order valence-corrected chi connectivity index (χ0v) is 40.4. The first-order chi connectivity index (χ1) is 31.5. The Labute approximate surface area is 414 Å². The van der Waals surface area contributed by atoms with Gasteiger partial charge in [0.15, 0.2) is 24.8 Å². The first-order valence-electron chi connectivity index (χ1n) is 24.2. The van der Waals surface area contributed by atoms with E-state index in [0.29, 0.717) is 45.8 Å². The fraction of sp³-hybridized carbons (Fsp3) is 0.500. The number of piperidine rings is 1. The highest BCUT2D eigenvalue weighted by Gasteiger charge is 2.37. The molecular weight excluding hydrogens is 1010 g/mol. The first-order valence-corrected chi connectivity index (χ1v) is 19.9. The van der Waals surface area contributed by atoms with Crippen molar-refractivity contribution in [1.29, 1.82) is 0 Å². The average Bonchev–Trinajstić information content (AvgIpc) is 3.63. The van der Waals surface area contributed by atoms with Crippen LogP contribution in [0.15, 0.2) is 90.2 Å². The predicted molar refractivity (Wildman–Crippen MR) is 241 cm³/mol. The highest BCUT2D eigenvalue weighted by molar-refractivity contribution is 8.15. The van der Waals surface area contributed by atoms with Gasteiger partial charge in [-0.3, -0.25) is 14.8 Å². The molecule has 1 saturated heterocycles. The van der Waals surface area contributed by atoms with Crippen LogP contribution in [0.25, 0.3) is 0 Å². The number of rotatable bonds is 7.